The molecule has 0 aromatic heterocycles. The molecule has 1 heteroatoms. The maximum Gasteiger partial charge on any atom is 0.239 e. The summed E-state index contributed by atoms with van der Waals surface area (Å²) >= 11 is 0. The first-order valence-corrected chi connectivity index (χ1v) is 9.12. The van der Waals surface area contributed by atoms with Crippen molar-refractivity contribution in [2.45, 2.75) is 65.3 Å². The Balaban J connectivity index is 2.09. The minimum Gasteiger partial charge on any atom is -0.310 e. The Hall–Kier alpha value is -1.03. The number of rotatable bonds is 1. The summed E-state index contributed by atoms with van der Waals surface area (Å²) in [6, 6.07) is 0. The maximum absolute atomic E-state index is 8.04. The van der Waals surface area contributed by atoms with Crippen LogP contribution in [-0.4, -0.2) is 5.54 Å². The predicted octanol–water partition coefficient (Wildman–Crippen LogP) is 5.90. The van der Waals surface area contributed by atoms with Gasteiger partial charge in [-0.25, -0.2) is 6.57 Å². The van der Waals surface area contributed by atoms with Crippen molar-refractivity contribution in [1.29, 1.82) is 0 Å². The van der Waals surface area contributed by atoms with Gasteiger partial charge in [-0.05, 0) is 63.2 Å². The lowest BCUT2D eigenvalue weighted by Gasteiger charge is -2.57. The van der Waals surface area contributed by atoms with E-state index in [1.807, 2.05) is 0 Å². The van der Waals surface area contributed by atoms with E-state index in [1.165, 1.54) is 30.4 Å². The lowest BCUT2D eigenvalue weighted by molar-refractivity contribution is -0.0392. The highest BCUT2D eigenvalue weighted by Gasteiger charge is 2.63. The molecule has 0 heterocycles. The Morgan fingerprint density at radius 2 is 2.05 bits per heavy atom. The molecule has 3 fully saturated rings. The van der Waals surface area contributed by atoms with Crippen LogP contribution in [0.25, 0.3) is 4.85 Å². The average molecular weight is 297 g/mol. The van der Waals surface area contributed by atoms with Crippen LogP contribution in [0.3, 0.4) is 0 Å². The van der Waals surface area contributed by atoms with E-state index in [0.29, 0.717) is 23.7 Å². The zero-order valence-electron chi connectivity index (χ0n) is 14.7. The van der Waals surface area contributed by atoms with Gasteiger partial charge in [-0.15, -0.1) is 0 Å². The van der Waals surface area contributed by atoms with E-state index in [-0.39, 0.29) is 5.54 Å². The standard InChI is InChI=1S/C21H31N/c1-13(2)11-17-12-15(4)18-8-7-16(5)21(22-6)10-9-14(3)19(17)20(18)21/h11,15-20H,3,7-10,12H2,1-2,4-5H3/t15?,16?,17-,18?,19?,20+,21?/m1/s1. The van der Waals surface area contributed by atoms with Crippen molar-refractivity contribution >= 4 is 0 Å². The Kier molecular flexibility index (Phi) is 4.00. The lowest BCUT2D eigenvalue weighted by atomic mass is 9.45. The molecule has 5 unspecified atom stereocenters. The van der Waals surface area contributed by atoms with E-state index in [4.69, 9.17) is 6.57 Å². The van der Waals surface area contributed by atoms with E-state index in [9.17, 15) is 0 Å². The number of hydrogen-bond donors (Lipinski definition) is 0. The molecule has 0 spiro atoms. The van der Waals surface area contributed by atoms with Crippen LogP contribution in [0.2, 0.25) is 0 Å². The highest BCUT2D eigenvalue weighted by atomic mass is 14.9. The summed E-state index contributed by atoms with van der Waals surface area (Å²) < 4.78 is 0. The normalized spacial score (nSPS) is 47.3. The van der Waals surface area contributed by atoms with E-state index in [0.717, 1.165) is 24.7 Å². The summed E-state index contributed by atoms with van der Waals surface area (Å²) in [6.07, 6.45) is 8.49. The Bertz CT molecular complexity index is 533. The third-order valence-corrected chi connectivity index (χ3v) is 7.12. The molecule has 7 atom stereocenters. The van der Waals surface area contributed by atoms with E-state index in [2.05, 4.69) is 45.2 Å². The molecule has 0 aliphatic heterocycles. The molecule has 120 valence electrons. The second-order valence-corrected chi connectivity index (χ2v) is 8.58. The molecule has 0 aromatic carbocycles. The van der Waals surface area contributed by atoms with Crippen molar-refractivity contribution in [2.75, 3.05) is 0 Å². The molecule has 3 aliphatic rings. The molecule has 1 nitrogen and oxygen atoms in total. The zero-order valence-corrected chi connectivity index (χ0v) is 14.7. The largest absolute Gasteiger partial charge is 0.310 e. The molecule has 0 saturated heterocycles. The molecule has 0 bridgehead atoms. The summed E-state index contributed by atoms with van der Waals surface area (Å²) in [4.78, 5) is 4.34. The average Bonchev–Trinajstić information content (AvgIpc) is 2.46. The minimum absolute atomic E-state index is 0.100. The van der Waals surface area contributed by atoms with Crippen LogP contribution in [0.15, 0.2) is 23.8 Å². The van der Waals surface area contributed by atoms with Gasteiger partial charge in [0.2, 0.25) is 5.54 Å². The van der Waals surface area contributed by atoms with Crippen molar-refractivity contribution < 1.29 is 0 Å². The summed E-state index contributed by atoms with van der Waals surface area (Å²) in [7, 11) is 0. The summed E-state index contributed by atoms with van der Waals surface area (Å²) in [5, 5.41) is 0. The van der Waals surface area contributed by atoms with Crippen LogP contribution in [0.5, 0.6) is 0 Å². The van der Waals surface area contributed by atoms with Crippen LogP contribution < -0.4 is 0 Å². The number of allylic oxidation sites excluding steroid dienone is 3. The molecule has 0 amide bonds. The van der Waals surface area contributed by atoms with Gasteiger partial charge in [-0.2, -0.15) is 0 Å². The van der Waals surface area contributed by atoms with Gasteiger partial charge in [-0.1, -0.05) is 37.6 Å². The molecule has 3 saturated carbocycles. The van der Waals surface area contributed by atoms with Crippen LogP contribution in [-0.2, 0) is 0 Å². The van der Waals surface area contributed by atoms with Crippen molar-refractivity contribution in [3.63, 3.8) is 0 Å². The molecule has 0 aromatic rings. The fraction of sp³-hybridized carbons (Fsp3) is 0.762. The first-order valence-electron chi connectivity index (χ1n) is 9.12. The van der Waals surface area contributed by atoms with Gasteiger partial charge in [0.1, 0.15) is 0 Å². The van der Waals surface area contributed by atoms with Gasteiger partial charge in [0.25, 0.3) is 0 Å². The highest BCUT2D eigenvalue weighted by molar-refractivity contribution is 5.27. The monoisotopic (exact) mass is 297 g/mol. The molecule has 0 radical (unpaired) electrons. The Labute approximate surface area is 136 Å². The van der Waals surface area contributed by atoms with E-state index < -0.39 is 0 Å². The van der Waals surface area contributed by atoms with E-state index in [1.54, 1.807) is 0 Å². The smallest absolute Gasteiger partial charge is 0.239 e. The molecular formula is C21H31N. The van der Waals surface area contributed by atoms with Crippen molar-refractivity contribution in [2.24, 2.45) is 35.5 Å². The first-order chi connectivity index (χ1) is 10.4. The summed E-state index contributed by atoms with van der Waals surface area (Å²) in [6.45, 7) is 21.7. The summed E-state index contributed by atoms with van der Waals surface area (Å²) in [5.74, 6) is 3.77. The number of nitrogens with zero attached hydrogens (tertiary/aromatic N) is 1. The van der Waals surface area contributed by atoms with Gasteiger partial charge < -0.3 is 4.85 Å². The van der Waals surface area contributed by atoms with Crippen molar-refractivity contribution in [1.82, 2.24) is 0 Å². The second-order valence-electron chi connectivity index (χ2n) is 8.58. The van der Waals surface area contributed by atoms with Gasteiger partial charge in [0.05, 0.1) is 0 Å². The van der Waals surface area contributed by atoms with Gasteiger partial charge in [-0.3, -0.25) is 0 Å². The topological polar surface area (TPSA) is 4.36 Å². The van der Waals surface area contributed by atoms with Gasteiger partial charge >= 0.3 is 0 Å². The third-order valence-electron chi connectivity index (χ3n) is 7.12. The third kappa shape index (κ3) is 2.18. The van der Waals surface area contributed by atoms with Crippen LogP contribution in [0.1, 0.15) is 59.8 Å². The first kappa shape index (κ1) is 15.9. The second kappa shape index (κ2) is 5.55. The zero-order chi connectivity index (χ0) is 16.1. The maximum atomic E-state index is 8.04. The molecule has 0 N–H and O–H groups in total. The van der Waals surface area contributed by atoms with Crippen molar-refractivity contribution in [3.8, 4) is 0 Å². The SMILES string of the molecule is [C-]#[N+]C12CCC(=C)C3[C@@H]1C(CCC2C)C(C)C[C@H]3C=C(C)C. The molecular weight excluding hydrogens is 266 g/mol. The fourth-order valence-electron chi connectivity index (χ4n) is 6.14. The number of hydrogen-bond acceptors (Lipinski definition) is 0. The lowest BCUT2D eigenvalue weighted by Crippen LogP contribution is -2.58. The Morgan fingerprint density at radius 1 is 1.32 bits per heavy atom. The predicted molar refractivity (Wildman–Crippen MR) is 93.3 cm³/mol. The van der Waals surface area contributed by atoms with Crippen LogP contribution in [0, 0.1) is 42.1 Å². The van der Waals surface area contributed by atoms with Crippen LogP contribution in [0.4, 0.5) is 0 Å². The van der Waals surface area contributed by atoms with Gasteiger partial charge in [0, 0.05) is 18.3 Å². The molecule has 3 rings (SSSR count). The van der Waals surface area contributed by atoms with E-state index >= 15 is 0 Å². The Morgan fingerprint density at radius 3 is 2.68 bits per heavy atom. The quantitative estimate of drug-likeness (QED) is 0.419. The van der Waals surface area contributed by atoms with Crippen molar-refractivity contribution in [3.05, 3.63) is 35.2 Å². The van der Waals surface area contributed by atoms with Gasteiger partial charge in [0.15, 0.2) is 0 Å². The fourth-order valence-corrected chi connectivity index (χ4v) is 6.14. The molecule has 22 heavy (non-hydrogen) atoms. The summed E-state index contributed by atoms with van der Waals surface area (Å²) in [5.41, 5.74) is 2.76. The highest BCUT2D eigenvalue weighted by Crippen LogP contribution is 2.62. The van der Waals surface area contributed by atoms with Crippen LogP contribution >= 0.6 is 0 Å². The molecule has 3 aliphatic carbocycles. The minimum atomic E-state index is -0.100.